The molecule has 1 unspecified atom stereocenters. The molecular formula is C14H23FN2O2S. The summed E-state index contributed by atoms with van der Waals surface area (Å²) in [7, 11) is -3.44. The first kappa shape index (κ1) is 17.1. The summed E-state index contributed by atoms with van der Waals surface area (Å²) in [5.74, 6) is 0.238. The van der Waals surface area contributed by atoms with Gasteiger partial charge in [-0.2, -0.15) is 0 Å². The van der Waals surface area contributed by atoms with E-state index in [1.807, 2.05) is 24.3 Å². The fourth-order valence-electron chi connectivity index (χ4n) is 1.78. The van der Waals surface area contributed by atoms with Crippen molar-refractivity contribution in [1.29, 1.82) is 0 Å². The molecule has 114 valence electrons. The monoisotopic (exact) mass is 302 g/mol. The molecule has 1 aromatic rings. The Labute approximate surface area is 120 Å². The topological polar surface area (TPSA) is 72.2 Å². The van der Waals surface area contributed by atoms with Crippen molar-refractivity contribution in [3.63, 3.8) is 0 Å². The molecule has 4 nitrogen and oxygen atoms in total. The Kier molecular flexibility index (Phi) is 6.58. The summed E-state index contributed by atoms with van der Waals surface area (Å²) in [5, 5.41) is 0. The second-order valence-electron chi connectivity index (χ2n) is 5.14. The highest BCUT2D eigenvalue weighted by Crippen LogP contribution is 2.17. The average molecular weight is 302 g/mol. The van der Waals surface area contributed by atoms with E-state index in [2.05, 4.69) is 18.6 Å². The second-order valence-corrected chi connectivity index (χ2v) is 7.06. The maximum Gasteiger partial charge on any atom is 0.211 e. The highest BCUT2D eigenvalue weighted by molar-refractivity contribution is 7.89. The van der Waals surface area contributed by atoms with Crippen LogP contribution < -0.4 is 10.5 Å². The number of sulfonamides is 1. The van der Waals surface area contributed by atoms with Crippen LogP contribution in [0.1, 0.15) is 43.4 Å². The van der Waals surface area contributed by atoms with E-state index in [9.17, 15) is 12.8 Å². The fraction of sp³-hybridized carbons (Fsp3) is 0.571. The Bertz CT molecular complexity index is 500. The van der Waals surface area contributed by atoms with Gasteiger partial charge in [0.25, 0.3) is 0 Å². The van der Waals surface area contributed by atoms with E-state index in [4.69, 9.17) is 5.73 Å². The summed E-state index contributed by atoms with van der Waals surface area (Å²) in [4.78, 5) is 0. The van der Waals surface area contributed by atoms with Crippen molar-refractivity contribution in [3.05, 3.63) is 35.4 Å². The lowest BCUT2D eigenvalue weighted by atomic mass is 9.99. The minimum Gasteiger partial charge on any atom is -0.323 e. The van der Waals surface area contributed by atoms with E-state index >= 15 is 0 Å². The predicted octanol–water partition coefficient (Wildman–Crippen LogP) is 2.09. The molecule has 0 saturated carbocycles. The lowest BCUT2D eigenvalue weighted by Gasteiger charge is -2.14. The van der Waals surface area contributed by atoms with Crippen LogP contribution >= 0.6 is 0 Å². The normalized spacial score (nSPS) is 13.7. The number of alkyl halides is 1. The average Bonchev–Trinajstić information content (AvgIpc) is 2.43. The molecule has 0 bridgehead atoms. The van der Waals surface area contributed by atoms with Gasteiger partial charge in [-0.3, -0.25) is 4.39 Å². The molecule has 0 heterocycles. The molecule has 0 aromatic heterocycles. The number of halogens is 1. The first-order valence-electron chi connectivity index (χ1n) is 6.74. The van der Waals surface area contributed by atoms with Crippen LogP contribution in [0.3, 0.4) is 0 Å². The van der Waals surface area contributed by atoms with Crippen molar-refractivity contribution in [3.8, 4) is 0 Å². The molecule has 0 saturated heterocycles. The lowest BCUT2D eigenvalue weighted by Crippen LogP contribution is -2.33. The molecule has 6 heteroatoms. The van der Waals surface area contributed by atoms with Gasteiger partial charge < -0.3 is 5.73 Å². The Morgan fingerprint density at radius 2 is 1.75 bits per heavy atom. The van der Waals surface area contributed by atoms with Gasteiger partial charge >= 0.3 is 0 Å². The molecule has 1 rings (SSSR count). The van der Waals surface area contributed by atoms with Crippen LogP contribution in [0.5, 0.6) is 0 Å². The van der Waals surface area contributed by atoms with E-state index in [1.54, 1.807) is 0 Å². The molecule has 20 heavy (non-hydrogen) atoms. The maximum atomic E-state index is 12.0. The van der Waals surface area contributed by atoms with Gasteiger partial charge in [0.2, 0.25) is 10.0 Å². The van der Waals surface area contributed by atoms with Crippen molar-refractivity contribution >= 4 is 10.0 Å². The van der Waals surface area contributed by atoms with E-state index < -0.39 is 22.7 Å². The molecule has 0 aliphatic rings. The SMILES string of the molecule is CC(C)c1ccc(C(N)CNS(=O)(=O)CCCF)cc1. The van der Waals surface area contributed by atoms with Gasteiger partial charge in [-0.1, -0.05) is 38.1 Å². The Morgan fingerprint density at radius 1 is 1.20 bits per heavy atom. The fourth-order valence-corrected chi connectivity index (χ4v) is 2.85. The number of hydrogen-bond donors (Lipinski definition) is 2. The standard InChI is InChI=1S/C14H23FN2O2S/c1-11(2)12-4-6-13(7-5-12)14(16)10-17-20(18,19)9-3-8-15/h4-7,11,14,17H,3,8-10,16H2,1-2H3. The van der Waals surface area contributed by atoms with E-state index in [1.165, 1.54) is 5.56 Å². The molecule has 1 aromatic carbocycles. The van der Waals surface area contributed by atoms with Crippen LogP contribution in [0.25, 0.3) is 0 Å². The largest absolute Gasteiger partial charge is 0.323 e. The van der Waals surface area contributed by atoms with Crippen LogP contribution in [0, 0.1) is 0 Å². The van der Waals surface area contributed by atoms with Gasteiger partial charge in [0, 0.05) is 12.6 Å². The third-order valence-corrected chi connectivity index (χ3v) is 4.53. The molecule has 0 spiro atoms. The second kappa shape index (κ2) is 7.71. The Balaban J connectivity index is 2.56. The smallest absolute Gasteiger partial charge is 0.211 e. The van der Waals surface area contributed by atoms with Crippen molar-refractivity contribution in [2.75, 3.05) is 19.0 Å². The van der Waals surface area contributed by atoms with Crippen molar-refractivity contribution in [2.45, 2.75) is 32.2 Å². The summed E-state index contributed by atoms with van der Waals surface area (Å²) < 4.78 is 37.5. The third-order valence-electron chi connectivity index (χ3n) is 3.10. The molecule has 0 aliphatic carbocycles. The molecule has 0 amide bonds. The highest BCUT2D eigenvalue weighted by Gasteiger charge is 2.13. The van der Waals surface area contributed by atoms with E-state index in [0.717, 1.165) is 5.56 Å². The number of nitrogens with one attached hydrogen (secondary N) is 1. The number of hydrogen-bond acceptors (Lipinski definition) is 3. The van der Waals surface area contributed by atoms with Crippen LogP contribution in [0.15, 0.2) is 24.3 Å². The zero-order valence-electron chi connectivity index (χ0n) is 12.0. The minimum atomic E-state index is -3.44. The number of nitrogens with two attached hydrogens (primary N) is 1. The zero-order valence-corrected chi connectivity index (χ0v) is 12.8. The van der Waals surface area contributed by atoms with Gasteiger partial charge in [0.15, 0.2) is 0 Å². The van der Waals surface area contributed by atoms with Crippen molar-refractivity contribution in [1.82, 2.24) is 4.72 Å². The quantitative estimate of drug-likeness (QED) is 0.772. The van der Waals surface area contributed by atoms with Gasteiger partial charge in [0.05, 0.1) is 12.4 Å². The first-order valence-corrected chi connectivity index (χ1v) is 8.39. The summed E-state index contributed by atoms with van der Waals surface area (Å²) in [6, 6.07) is 7.41. The summed E-state index contributed by atoms with van der Waals surface area (Å²) >= 11 is 0. The van der Waals surface area contributed by atoms with Gasteiger partial charge in [-0.05, 0) is 23.5 Å². The van der Waals surface area contributed by atoms with Gasteiger partial charge in [-0.15, -0.1) is 0 Å². The van der Waals surface area contributed by atoms with Crippen LogP contribution in [-0.2, 0) is 10.0 Å². The summed E-state index contributed by atoms with van der Waals surface area (Å²) in [6.45, 7) is 3.70. The van der Waals surface area contributed by atoms with E-state index in [0.29, 0.717) is 5.92 Å². The molecule has 3 N–H and O–H groups in total. The minimum absolute atomic E-state index is 0.00760. The molecule has 0 radical (unpaired) electrons. The molecule has 0 aliphatic heterocycles. The highest BCUT2D eigenvalue weighted by atomic mass is 32.2. The maximum absolute atomic E-state index is 12.0. The van der Waals surface area contributed by atoms with Gasteiger partial charge in [-0.25, -0.2) is 13.1 Å². The number of rotatable bonds is 8. The lowest BCUT2D eigenvalue weighted by molar-refractivity contribution is 0.482. The number of benzene rings is 1. The zero-order chi connectivity index (χ0) is 15.2. The summed E-state index contributed by atoms with van der Waals surface area (Å²) in [5.41, 5.74) is 8.05. The molecular weight excluding hydrogens is 279 g/mol. The van der Waals surface area contributed by atoms with E-state index in [-0.39, 0.29) is 18.7 Å². The Morgan fingerprint density at radius 3 is 2.25 bits per heavy atom. The van der Waals surface area contributed by atoms with Crippen molar-refractivity contribution in [2.24, 2.45) is 5.73 Å². The molecule has 1 atom stereocenters. The Hall–Kier alpha value is -0.980. The van der Waals surface area contributed by atoms with Crippen LogP contribution in [-0.4, -0.2) is 27.4 Å². The molecule has 0 fully saturated rings. The van der Waals surface area contributed by atoms with Gasteiger partial charge in [0.1, 0.15) is 0 Å². The first-order chi connectivity index (χ1) is 9.35. The third kappa shape index (κ3) is 5.56. The van der Waals surface area contributed by atoms with Crippen LogP contribution in [0.4, 0.5) is 4.39 Å². The predicted molar refractivity (Wildman–Crippen MR) is 79.8 cm³/mol. The van der Waals surface area contributed by atoms with Crippen LogP contribution in [0.2, 0.25) is 0 Å². The summed E-state index contributed by atoms with van der Waals surface area (Å²) in [6.07, 6.45) is 0.00760. The van der Waals surface area contributed by atoms with Crippen molar-refractivity contribution < 1.29 is 12.8 Å².